The molecule has 0 aliphatic heterocycles. The third kappa shape index (κ3) is 5.29. The van der Waals surface area contributed by atoms with E-state index in [2.05, 4.69) is 5.32 Å². The molecule has 1 atom stereocenters. The van der Waals surface area contributed by atoms with E-state index in [1.54, 1.807) is 27.0 Å². The summed E-state index contributed by atoms with van der Waals surface area (Å²) in [4.78, 5) is 23.7. The number of hydrogen-bond donors (Lipinski definition) is 2. The van der Waals surface area contributed by atoms with Gasteiger partial charge in [-0.1, -0.05) is 18.2 Å². The summed E-state index contributed by atoms with van der Waals surface area (Å²) < 4.78 is 37.8. The summed E-state index contributed by atoms with van der Waals surface area (Å²) in [6.45, 7) is 3.82. The second-order valence-electron chi connectivity index (χ2n) is 6.71. The maximum Gasteiger partial charge on any atom is 0.416 e. The molecule has 1 amide bonds. The molecule has 9 heteroatoms. The van der Waals surface area contributed by atoms with Crippen molar-refractivity contribution in [3.63, 3.8) is 0 Å². The van der Waals surface area contributed by atoms with Gasteiger partial charge in [-0.25, -0.2) is 0 Å². The number of nitro benzene ring substituents is 1. The highest BCUT2D eigenvalue weighted by molar-refractivity contribution is 5.95. The lowest BCUT2D eigenvalue weighted by atomic mass is 10.1. The third-order valence-corrected chi connectivity index (χ3v) is 4.42. The number of carbonyl (C=O) groups is 1. The van der Waals surface area contributed by atoms with Crippen LogP contribution in [0, 0.1) is 24.0 Å². The zero-order valence-electron chi connectivity index (χ0n) is 15.7. The number of quaternary nitrogens is 1. The molecule has 2 N–H and O–H groups in total. The van der Waals surface area contributed by atoms with Gasteiger partial charge in [-0.2, -0.15) is 13.2 Å². The highest BCUT2D eigenvalue weighted by atomic mass is 19.4. The number of aryl methyl sites for hydroxylation is 1. The number of nitro groups is 1. The van der Waals surface area contributed by atoms with Crippen LogP contribution in [0.2, 0.25) is 0 Å². The molecule has 1 unspecified atom stereocenters. The number of halogens is 3. The lowest BCUT2D eigenvalue weighted by molar-refractivity contribution is -0.885. The molecule has 2 rings (SSSR count). The largest absolute Gasteiger partial charge is 0.416 e. The topological polar surface area (TPSA) is 76.7 Å². The van der Waals surface area contributed by atoms with Crippen molar-refractivity contribution in [3.05, 3.63) is 68.8 Å². The average Bonchev–Trinajstić information content (AvgIpc) is 2.58. The third-order valence-electron chi connectivity index (χ3n) is 4.42. The number of nitrogens with zero attached hydrogens (tertiary/aromatic N) is 1. The van der Waals surface area contributed by atoms with E-state index in [1.165, 1.54) is 18.2 Å². The van der Waals surface area contributed by atoms with Crippen LogP contribution in [0.1, 0.15) is 22.3 Å². The molecule has 2 aromatic carbocycles. The predicted octanol–water partition coefficient (Wildman–Crippen LogP) is 2.88. The van der Waals surface area contributed by atoms with Crippen molar-refractivity contribution in [2.45, 2.75) is 26.6 Å². The van der Waals surface area contributed by atoms with Crippen LogP contribution in [-0.2, 0) is 17.5 Å². The zero-order chi connectivity index (χ0) is 21.1. The average molecular weight is 396 g/mol. The van der Waals surface area contributed by atoms with E-state index in [1.807, 2.05) is 0 Å². The van der Waals surface area contributed by atoms with Crippen LogP contribution in [0.5, 0.6) is 0 Å². The Morgan fingerprint density at radius 1 is 1.14 bits per heavy atom. The van der Waals surface area contributed by atoms with Crippen LogP contribution in [0.4, 0.5) is 24.5 Å². The van der Waals surface area contributed by atoms with E-state index in [0.717, 1.165) is 22.6 Å². The molecule has 0 spiro atoms. The van der Waals surface area contributed by atoms with Crippen molar-refractivity contribution < 1.29 is 27.8 Å². The fourth-order valence-electron chi connectivity index (χ4n) is 2.79. The van der Waals surface area contributed by atoms with Gasteiger partial charge in [0.2, 0.25) is 0 Å². The fourth-order valence-corrected chi connectivity index (χ4v) is 2.79. The second-order valence-corrected chi connectivity index (χ2v) is 6.71. The predicted molar refractivity (Wildman–Crippen MR) is 98.1 cm³/mol. The van der Waals surface area contributed by atoms with Gasteiger partial charge in [0.05, 0.1) is 17.5 Å². The molecule has 0 heterocycles. The number of rotatable bonds is 6. The molecule has 28 heavy (non-hydrogen) atoms. The van der Waals surface area contributed by atoms with Crippen LogP contribution in [-0.4, -0.2) is 24.4 Å². The Hall–Kier alpha value is -2.94. The number of anilines is 1. The van der Waals surface area contributed by atoms with E-state index in [0.29, 0.717) is 17.7 Å². The highest BCUT2D eigenvalue weighted by Crippen LogP contribution is 2.30. The van der Waals surface area contributed by atoms with E-state index in [4.69, 9.17) is 0 Å². The maximum atomic E-state index is 12.6. The molecule has 0 fully saturated rings. The SMILES string of the molecule is Cc1ccc([N+](=O)[O-])c(NC(=O)C[NH+](C)Cc2ccc(C(F)(F)F)cc2)c1C. The standard InChI is InChI=1S/C19H20F3N3O3/c1-12-4-9-16(25(27)28)18(13(12)2)23-17(26)11-24(3)10-14-5-7-15(8-6-14)19(20,21)22/h4-9H,10-11H2,1-3H3,(H,23,26)/p+1. The molecular weight excluding hydrogens is 375 g/mol. The van der Waals surface area contributed by atoms with Crippen LogP contribution in [0.25, 0.3) is 0 Å². The summed E-state index contributed by atoms with van der Waals surface area (Å²) in [5, 5.41) is 13.8. The minimum atomic E-state index is -4.39. The Balaban J connectivity index is 2.04. The van der Waals surface area contributed by atoms with Gasteiger partial charge in [0.1, 0.15) is 12.2 Å². The smallest absolute Gasteiger partial charge is 0.326 e. The van der Waals surface area contributed by atoms with Crippen LogP contribution in [0.15, 0.2) is 36.4 Å². The number of amides is 1. The fraction of sp³-hybridized carbons (Fsp3) is 0.316. The van der Waals surface area contributed by atoms with Crippen molar-refractivity contribution in [1.29, 1.82) is 0 Å². The highest BCUT2D eigenvalue weighted by Gasteiger charge is 2.30. The minimum absolute atomic E-state index is 0.00551. The molecular formula is C19H21F3N3O3+. The second kappa shape index (κ2) is 8.39. The Kier molecular flexibility index (Phi) is 6.40. The molecule has 0 aromatic heterocycles. The summed E-state index contributed by atoms with van der Waals surface area (Å²) in [5.41, 5.74) is 1.33. The Morgan fingerprint density at radius 2 is 1.75 bits per heavy atom. The van der Waals surface area contributed by atoms with Gasteiger partial charge in [-0.15, -0.1) is 0 Å². The summed E-state index contributed by atoms with van der Waals surface area (Å²) in [6, 6.07) is 7.71. The van der Waals surface area contributed by atoms with E-state index in [-0.39, 0.29) is 17.9 Å². The number of hydrogen-bond acceptors (Lipinski definition) is 3. The molecule has 0 saturated carbocycles. The van der Waals surface area contributed by atoms with Crippen LogP contribution in [0.3, 0.4) is 0 Å². The van der Waals surface area contributed by atoms with Crippen molar-refractivity contribution in [2.24, 2.45) is 0 Å². The Bertz CT molecular complexity index is 880. The van der Waals surface area contributed by atoms with Gasteiger partial charge in [0.25, 0.3) is 11.6 Å². The first-order chi connectivity index (χ1) is 13.0. The Labute approximate surface area is 160 Å². The van der Waals surface area contributed by atoms with Gasteiger partial charge < -0.3 is 10.2 Å². The van der Waals surface area contributed by atoms with Gasteiger partial charge in [-0.05, 0) is 37.1 Å². The number of nitrogens with one attached hydrogen (secondary N) is 2. The maximum absolute atomic E-state index is 12.6. The minimum Gasteiger partial charge on any atom is -0.326 e. The van der Waals surface area contributed by atoms with Gasteiger partial charge in [-0.3, -0.25) is 14.9 Å². The number of likely N-dealkylation sites (N-methyl/N-ethyl adjacent to an activating group) is 1. The first-order valence-electron chi connectivity index (χ1n) is 8.51. The molecule has 0 saturated heterocycles. The van der Waals surface area contributed by atoms with E-state index < -0.39 is 22.6 Å². The normalized spacial score (nSPS) is 12.5. The molecule has 2 aromatic rings. The quantitative estimate of drug-likeness (QED) is 0.582. The summed E-state index contributed by atoms with van der Waals surface area (Å²) >= 11 is 0. The molecule has 0 radical (unpaired) electrons. The van der Waals surface area contributed by atoms with Crippen molar-refractivity contribution in [3.8, 4) is 0 Å². The Morgan fingerprint density at radius 3 is 2.29 bits per heavy atom. The van der Waals surface area contributed by atoms with Gasteiger partial charge >= 0.3 is 6.18 Å². The number of benzene rings is 2. The van der Waals surface area contributed by atoms with Crippen molar-refractivity contribution >= 4 is 17.3 Å². The number of alkyl halides is 3. The van der Waals surface area contributed by atoms with Gasteiger partial charge in [0, 0.05) is 11.6 Å². The molecule has 0 aliphatic carbocycles. The first-order valence-corrected chi connectivity index (χ1v) is 8.51. The van der Waals surface area contributed by atoms with Gasteiger partial charge in [0.15, 0.2) is 6.54 Å². The molecule has 150 valence electrons. The van der Waals surface area contributed by atoms with Crippen LogP contribution < -0.4 is 10.2 Å². The molecule has 6 nitrogen and oxygen atoms in total. The first kappa shape index (κ1) is 21.4. The lowest BCUT2D eigenvalue weighted by Gasteiger charge is -2.16. The van der Waals surface area contributed by atoms with Crippen LogP contribution >= 0.6 is 0 Å². The monoisotopic (exact) mass is 396 g/mol. The van der Waals surface area contributed by atoms with E-state index >= 15 is 0 Å². The lowest BCUT2D eigenvalue weighted by Crippen LogP contribution is -3.08. The number of carbonyl (C=O) groups excluding carboxylic acids is 1. The molecule has 0 bridgehead atoms. The summed E-state index contributed by atoms with van der Waals surface area (Å²) in [6.07, 6.45) is -4.39. The van der Waals surface area contributed by atoms with E-state index in [9.17, 15) is 28.1 Å². The van der Waals surface area contributed by atoms with Crippen molar-refractivity contribution in [2.75, 3.05) is 18.9 Å². The zero-order valence-corrected chi connectivity index (χ0v) is 15.7. The molecule has 0 aliphatic rings. The summed E-state index contributed by atoms with van der Waals surface area (Å²) in [7, 11) is 1.72. The van der Waals surface area contributed by atoms with Crippen molar-refractivity contribution in [1.82, 2.24) is 0 Å². The summed E-state index contributed by atoms with van der Waals surface area (Å²) in [5.74, 6) is -0.416.